The number of aromatic nitrogens is 4. The number of rotatable bonds is 5. The van der Waals surface area contributed by atoms with E-state index in [1.165, 1.54) is 0 Å². The number of nitrogens with one attached hydrogen (secondary N) is 2. The monoisotopic (exact) mass is 222 g/mol. The number of nitrogens with two attached hydrogens (primary N) is 1. The van der Waals surface area contributed by atoms with Crippen LogP contribution in [0.2, 0.25) is 0 Å². The molecule has 2 aromatic heterocycles. The van der Waals surface area contributed by atoms with Gasteiger partial charge in [-0.1, -0.05) is 0 Å². The molecule has 0 unspecified atom stereocenters. The van der Waals surface area contributed by atoms with Crippen molar-refractivity contribution in [3.05, 3.63) is 6.33 Å². The molecule has 0 aliphatic heterocycles. The number of nitrogen functional groups attached to an aromatic ring is 1. The van der Waals surface area contributed by atoms with E-state index >= 15 is 0 Å². The Morgan fingerprint density at radius 1 is 1.38 bits per heavy atom. The minimum absolute atomic E-state index is 0.198. The van der Waals surface area contributed by atoms with E-state index in [0.717, 1.165) is 24.9 Å². The second-order valence-corrected chi connectivity index (χ2v) is 3.39. The van der Waals surface area contributed by atoms with E-state index in [2.05, 4.69) is 25.3 Å². The fourth-order valence-electron chi connectivity index (χ4n) is 1.42. The van der Waals surface area contributed by atoms with Gasteiger partial charge in [-0.2, -0.15) is 9.97 Å². The lowest BCUT2D eigenvalue weighted by atomic mass is 10.3. The van der Waals surface area contributed by atoms with E-state index < -0.39 is 0 Å². The van der Waals surface area contributed by atoms with Crippen LogP contribution in [0.5, 0.6) is 0 Å². The molecule has 0 aliphatic carbocycles. The maximum Gasteiger partial charge on any atom is 0.224 e. The summed E-state index contributed by atoms with van der Waals surface area (Å²) >= 11 is 0. The Hall–Kier alpha value is -1.89. The highest BCUT2D eigenvalue weighted by Gasteiger charge is 2.07. The molecule has 5 N–H and O–H groups in total. The quantitative estimate of drug-likeness (QED) is 0.534. The molecule has 0 saturated carbocycles. The number of hydrogen-bond donors (Lipinski definition) is 4. The number of aliphatic hydroxyl groups is 1. The summed E-state index contributed by atoms with van der Waals surface area (Å²) in [5, 5.41) is 11.8. The minimum atomic E-state index is 0.198. The van der Waals surface area contributed by atoms with Crippen LogP contribution >= 0.6 is 0 Å². The van der Waals surface area contributed by atoms with Crippen LogP contribution in [0.4, 0.5) is 11.8 Å². The smallest absolute Gasteiger partial charge is 0.224 e. The maximum atomic E-state index is 8.66. The number of nitrogens with zero attached hydrogens (tertiary/aromatic N) is 3. The van der Waals surface area contributed by atoms with Gasteiger partial charge in [0.15, 0.2) is 11.5 Å². The van der Waals surface area contributed by atoms with Gasteiger partial charge in [-0.05, 0) is 12.8 Å². The van der Waals surface area contributed by atoms with Crippen LogP contribution in [-0.4, -0.2) is 38.2 Å². The molecule has 2 heterocycles. The predicted molar refractivity (Wildman–Crippen MR) is 60.9 cm³/mol. The molecule has 0 saturated heterocycles. The molecule has 0 atom stereocenters. The highest BCUT2D eigenvalue weighted by molar-refractivity contribution is 5.83. The number of unbranched alkanes of at least 4 members (excludes halogenated alkanes) is 1. The van der Waals surface area contributed by atoms with Crippen LogP contribution in [0.25, 0.3) is 11.2 Å². The third-order valence-corrected chi connectivity index (χ3v) is 2.18. The standard InChI is InChI=1S/C9H14N6O/c10-9-14-7(11-3-1-2-4-16)6-8(15-9)13-5-12-6/h5,16H,1-4H2,(H4,10,11,12,13,14,15). The summed E-state index contributed by atoms with van der Waals surface area (Å²) in [4.78, 5) is 15.0. The molecular formula is C9H14N6O. The first-order valence-corrected chi connectivity index (χ1v) is 5.12. The summed E-state index contributed by atoms with van der Waals surface area (Å²) in [6, 6.07) is 0. The van der Waals surface area contributed by atoms with Gasteiger partial charge in [-0.3, -0.25) is 0 Å². The Morgan fingerprint density at radius 3 is 3.06 bits per heavy atom. The average Bonchev–Trinajstić information content (AvgIpc) is 2.72. The molecule has 7 heteroatoms. The van der Waals surface area contributed by atoms with Crippen molar-refractivity contribution in [3.8, 4) is 0 Å². The molecular weight excluding hydrogens is 208 g/mol. The van der Waals surface area contributed by atoms with E-state index in [0.29, 0.717) is 11.5 Å². The molecule has 0 spiro atoms. The summed E-state index contributed by atoms with van der Waals surface area (Å²) < 4.78 is 0. The number of fused-ring (bicyclic) bond motifs is 1. The fraction of sp³-hybridized carbons (Fsp3) is 0.444. The Bertz CT molecular complexity index is 468. The molecule has 0 aliphatic rings. The zero-order valence-corrected chi connectivity index (χ0v) is 8.77. The van der Waals surface area contributed by atoms with Crippen molar-refractivity contribution >= 4 is 22.9 Å². The van der Waals surface area contributed by atoms with Gasteiger partial charge in [0, 0.05) is 13.2 Å². The van der Waals surface area contributed by atoms with Crippen molar-refractivity contribution < 1.29 is 5.11 Å². The van der Waals surface area contributed by atoms with Gasteiger partial charge in [0.05, 0.1) is 6.33 Å². The van der Waals surface area contributed by atoms with Crippen molar-refractivity contribution in [2.45, 2.75) is 12.8 Å². The van der Waals surface area contributed by atoms with Crippen LogP contribution in [0.1, 0.15) is 12.8 Å². The van der Waals surface area contributed by atoms with Gasteiger partial charge in [0.2, 0.25) is 5.95 Å². The molecule has 0 bridgehead atoms. The summed E-state index contributed by atoms with van der Waals surface area (Å²) in [5.41, 5.74) is 6.86. The summed E-state index contributed by atoms with van der Waals surface area (Å²) in [6.07, 6.45) is 3.19. The second kappa shape index (κ2) is 4.75. The summed E-state index contributed by atoms with van der Waals surface area (Å²) in [6.45, 7) is 0.929. The van der Waals surface area contributed by atoms with Crippen LogP contribution in [0, 0.1) is 0 Å². The second-order valence-electron chi connectivity index (χ2n) is 3.39. The average molecular weight is 222 g/mol. The molecule has 0 aromatic carbocycles. The molecule has 0 radical (unpaired) electrons. The van der Waals surface area contributed by atoms with Gasteiger partial charge in [-0.15, -0.1) is 0 Å². The Kier molecular flexibility index (Phi) is 3.16. The first-order chi connectivity index (χ1) is 7.81. The highest BCUT2D eigenvalue weighted by Crippen LogP contribution is 2.16. The Morgan fingerprint density at radius 2 is 2.25 bits per heavy atom. The summed E-state index contributed by atoms with van der Waals surface area (Å²) in [5.74, 6) is 0.849. The number of hydrogen-bond acceptors (Lipinski definition) is 6. The lowest BCUT2D eigenvalue weighted by molar-refractivity contribution is 0.286. The lowest BCUT2D eigenvalue weighted by Gasteiger charge is -2.05. The Balaban J connectivity index is 2.12. The third kappa shape index (κ3) is 2.19. The van der Waals surface area contributed by atoms with Gasteiger partial charge in [0.1, 0.15) is 5.52 Å². The van der Waals surface area contributed by atoms with Gasteiger partial charge >= 0.3 is 0 Å². The first kappa shape index (κ1) is 10.6. The fourth-order valence-corrected chi connectivity index (χ4v) is 1.42. The summed E-state index contributed by atoms with van der Waals surface area (Å²) in [7, 11) is 0. The van der Waals surface area contributed by atoms with Gasteiger partial charge < -0.3 is 21.1 Å². The lowest BCUT2D eigenvalue weighted by Crippen LogP contribution is -2.07. The van der Waals surface area contributed by atoms with Crippen molar-refractivity contribution in [2.24, 2.45) is 0 Å². The van der Waals surface area contributed by atoms with E-state index in [1.807, 2.05) is 0 Å². The van der Waals surface area contributed by atoms with Crippen LogP contribution in [0.3, 0.4) is 0 Å². The predicted octanol–water partition coefficient (Wildman–Crippen LogP) is 0.119. The zero-order valence-electron chi connectivity index (χ0n) is 8.77. The van der Waals surface area contributed by atoms with E-state index in [4.69, 9.17) is 10.8 Å². The molecule has 86 valence electrons. The van der Waals surface area contributed by atoms with E-state index in [1.54, 1.807) is 6.33 Å². The maximum absolute atomic E-state index is 8.66. The number of aliphatic hydroxyl groups excluding tert-OH is 1. The number of aromatic amines is 1. The van der Waals surface area contributed by atoms with Gasteiger partial charge in [0.25, 0.3) is 0 Å². The molecule has 2 rings (SSSR count). The van der Waals surface area contributed by atoms with Gasteiger partial charge in [-0.25, -0.2) is 4.98 Å². The van der Waals surface area contributed by atoms with Crippen molar-refractivity contribution in [2.75, 3.05) is 24.2 Å². The number of anilines is 2. The largest absolute Gasteiger partial charge is 0.396 e. The molecule has 0 amide bonds. The number of imidazole rings is 1. The molecule has 0 fully saturated rings. The third-order valence-electron chi connectivity index (χ3n) is 2.18. The van der Waals surface area contributed by atoms with E-state index in [-0.39, 0.29) is 12.6 Å². The number of H-pyrrole nitrogens is 1. The van der Waals surface area contributed by atoms with Crippen molar-refractivity contribution in [1.82, 2.24) is 19.9 Å². The minimum Gasteiger partial charge on any atom is -0.396 e. The van der Waals surface area contributed by atoms with Crippen molar-refractivity contribution in [3.63, 3.8) is 0 Å². The van der Waals surface area contributed by atoms with Crippen LogP contribution in [0.15, 0.2) is 6.33 Å². The van der Waals surface area contributed by atoms with Crippen molar-refractivity contribution in [1.29, 1.82) is 0 Å². The zero-order chi connectivity index (χ0) is 11.4. The van der Waals surface area contributed by atoms with E-state index in [9.17, 15) is 0 Å². The first-order valence-electron chi connectivity index (χ1n) is 5.12. The highest BCUT2D eigenvalue weighted by atomic mass is 16.2. The molecule has 2 aromatic rings. The Labute approximate surface area is 92.1 Å². The molecule has 7 nitrogen and oxygen atoms in total. The topological polar surface area (TPSA) is 113 Å². The van der Waals surface area contributed by atoms with Crippen LogP contribution < -0.4 is 11.1 Å². The molecule has 16 heavy (non-hydrogen) atoms. The van der Waals surface area contributed by atoms with Crippen LogP contribution in [-0.2, 0) is 0 Å². The normalized spacial score (nSPS) is 10.8. The SMILES string of the molecule is Nc1nc(NCCCCO)c2[nH]cnc2n1.